The molecule has 2 aromatic carbocycles. The van der Waals surface area contributed by atoms with E-state index in [9.17, 15) is 9.18 Å². The van der Waals surface area contributed by atoms with E-state index in [2.05, 4.69) is 10.2 Å². The van der Waals surface area contributed by atoms with Gasteiger partial charge in [-0.15, -0.1) is 0 Å². The number of benzene rings is 2. The van der Waals surface area contributed by atoms with Gasteiger partial charge in [0.25, 0.3) is 5.91 Å². The van der Waals surface area contributed by atoms with Crippen molar-refractivity contribution in [2.75, 3.05) is 32.8 Å². The first-order valence-corrected chi connectivity index (χ1v) is 10.2. The second-order valence-electron chi connectivity index (χ2n) is 7.10. The first-order valence-electron chi connectivity index (χ1n) is 9.81. The van der Waals surface area contributed by atoms with Crippen LogP contribution in [-0.4, -0.2) is 43.7 Å². The fourth-order valence-electron chi connectivity index (χ4n) is 3.54. The van der Waals surface area contributed by atoms with E-state index in [1.54, 1.807) is 36.4 Å². The van der Waals surface area contributed by atoms with Crippen LogP contribution in [0.5, 0.6) is 0 Å². The second-order valence-corrected chi connectivity index (χ2v) is 7.53. The normalized spacial score (nSPS) is 15.7. The molecule has 0 unspecified atom stereocenters. The number of amides is 1. The van der Waals surface area contributed by atoms with Crippen LogP contribution in [0.15, 0.2) is 65.1 Å². The lowest BCUT2D eigenvalue weighted by atomic mass is 10.0. The summed E-state index contributed by atoms with van der Waals surface area (Å²) in [6.45, 7) is 3.14. The SMILES string of the molecule is O=C(NC[C@H](c1ccc(F)cc1)N1CCOCC1)c1ccc(-c2ccc(Cl)cc2)o1. The molecule has 1 fully saturated rings. The van der Waals surface area contributed by atoms with Gasteiger partial charge in [-0.25, -0.2) is 4.39 Å². The molecule has 0 radical (unpaired) electrons. The molecule has 156 valence electrons. The maximum absolute atomic E-state index is 13.4. The van der Waals surface area contributed by atoms with Crippen LogP contribution >= 0.6 is 11.6 Å². The molecule has 5 nitrogen and oxygen atoms in total. The Balaban J connectivity index is 1.45. The molecule has 4 rings (SSSR count). The van der Waals surface area contributed by atoms with E-state index in [1.807, 2.05) is 12.1 Å². The molecule has 1 N–H and O–H groups in total. The molecule has 2 heterocycles. The van der Waals surface area contributed by atoms with E-state index in [0.717, 1.165) is 24.2 Å². The third-order valence-corrected chi connectivity index (χ3v) is 5.41. The summed E-state index contributed by atoms with van der Waals surface area (Å²) >= 11 is 5.92. The number of carbonyl (C=O) groups is 1. The Bertz CT molecular complexity index is 982. The molecule has 0 aliphatic carbocycles. The summed E-state index contributed by atoms with van der Waals surface area (Å²) in [6.07, 6.45) is 0. The smallest absolute Gasteiger partial charge is 0.287 e. The van der Waals surface area contributed by atoms with Gasteiger partial charge < -0.3 is 14.5 Å². The van der Waals surface area contributed by atoms with E-state index < -0.39 is 0 Å². The third-order valence-electron chi connectivity index (χ3n) is 5.16. The Labute approximate surface area is 179 Å². The van der Waals surface area contributed by atoms with Crippen LogP contribution in [0.2, 0.25) is 5.02 Å². The maximum atomic E-state index is 13.4. The Kier molecular flexibility index (Phi) is 6.47. The van der Waals surface area contributed by atoms with Crippen LogP contribution in [0.4, 0.5) is 4.39 Å². The lowest BCUT2D eigenvalue weighted by Gasteiger charge is -2.34. The van der Waals surface area contributed by atoms with Crippen molar-refractivity contribution < 1.29 is 18.3 Å². The summed E-state index contributed by atoms with van der Waals surface area (Å²) < 4.78 is 24.5. The highest BCUT2D eigenvalue weighted by Crippen LogP contribution is 2.25. The number of rotatable bonds is 6. The molecule has 0 bridgehead atoms. The van der Waals surface area contributed by atoms with Crippen molar-refractivity contribution in [2.24, 2.45) is 0 Å². The fraction of sp³-hybridized carbons (Fsp3) is 0.261. The van der Waals surface area contributed by atoms with Crippen molar-refractivity contribution in [1.82, 2.24) is 10.2 Å². The zero-order valence-electron chi connectivity index (χ0n) is 16.3. The standard InChI is InChI=1S/C23H22ClFN2O3/c24-18-5-1-17(2-6-18)21-9-10-22(30-21)23(28)26-15-20(27-11-13-29-14-12-27)16-3-7-19(25)8-4-16/h1-10,20H,11-15H2,(H,26,28)/t20-/m1/s1. The average Bonchev–Trinajstić information content (AvgIpc) is 3.27. The number of nitrogens with one attached hydrogen (secondary N) is 1. The predicted molar refractivity (Wildman–Crippen MR) is 113 cm³/mol. The summed E-state index contributed by atoms with van der Waals surface area (Å²) in [6, 6.07) is 17.0. The molecule has 0 saturated carbocycles. The Morgan fingerprint density at radius 1 is 1.03 bits per heavy atom. The van der Waals surface area contributed by atoms with Gasteiger partial charge in [-0.1, -0.05) is 23.7 Å². The van der Waals surface area contributed by atoms with Crippen LogP contribution in [-0.2, 0) is 4.74 Å². The van der Waals surface area contributed by atoms with Crippen molar-refractivity contribution in [3.05, 3.63) is 82.8 Å². The van der Waals surface area contributed by atoms with Crippen molar-refractivity contribution in [2.45, 2.75) is 6.04 Å². The topological polar surface area (TPSA) is 54.7 Å². The minimum atomic E-state index is -0.296. The minimum Gasteiger partial charge on any atom is -0.451 e. The van der Waals surface area contributed by atoms with Gasteiger partial charge in [0, 0.05) is 30.2 Å². The second kappa shape index (κ2) is 9.43. The summed E-state index contributed by atoms with van der Waals surface area (Å²) in [5.74, 6) is 0.254. The van der Waals surface area contributed by atoms with Gasteiger partial charge in [0.05, 0.1) is 19.3 Å². The zero-order valence-corrected chi connectivity index (χ0v) is 17.1. The number of nitrogens with zero attached hydrogens (tertiary/aromatic N) is 1. The molecule has 1 aliphatic heterocycles. The van der Waals surface area contributed by atoms with Gasteiger partial charge in [0.2, 0.25) is 0 Å². The number of furan rings is 1. The number of morpholine rings is 1. The van der Waals surface area contributed by atoms with E-state index in [4.69, 9.17) is 20.8 Å². The van der Waals surface area contributed by atoms with Crippen molar-refractivity contribution in [3.63, 3.8) is 0 Å². The predicted octanol–water partition coefficient (Wildman–Crippen LogP) is 4.54. The Hall–Kier alpha value is -2.67. The highest BCUT2D eigenvalue weighted by molar-refractivity contribution is 6.30. The molecule has 30 heavy (non-hydrogen) atoms. The molecular weight excluding hydrogens is 407 g/mol. The molecule has 1 aromatic heterocycles. The van der Waals surface area contributed by atoms with Gasteiger partial charge in [-0.2, -0.15) is 0 Å². The Morgan fingerprint density at radius 2 is 1.73 bits per heavy atom. The van der Waals surface area contributed by atoms with Crippen molar-refractivity contribution >= 4 is 17.5 Å². The monoisotopic (exact) mass is 428 g/mol. The van der Waals surface area contributed by atoms with Crippen LogP contribution in [0, 0.1) is 5.82 Å². The van der Waals surface area contributed by atoms with E-state index >= 15 is 0 Å². The minimum absolute atomic E-state index is 0.0795. The molecule has 1 aliphatic rings. The number of ether oxygens (including phenoxy) is 1. The lowest BCUT2D eigenvalue weighted by Crippen LogP contribution is -2.43. The van der Waals surface area contributed by atoms with Crippen LogP contribution in [0.3, 0.4) is 0 Å². The largest absolute Gasteiger partial charge is 0.451 e. The number of halogens is 2. The molecular formula is C23H22ClFN2O3. The van der Waals surface area contributed by atoms with Gasteiger partial charge in [-0.05, 0) is 54.1 Å². The van der Waals surface area contributed by atoms with Gasteiger partial charge in [-0.3, -0.25) is 9.69 Å². The van der Waals surface area contributed by atoms with Crippen LogP contribution < -0.4 is 5.32 Å². The van der Waals surface area contributed by atoms with E-state index in [0.29, 0.717) is 30.5 Å². The van der Waals surface area contributed by atoms with Crippen molar-refractivity contribution in [1.29, 1.82) is 0 Å². The summed E-state index contributed by atoms with van der Waals surface area (Å²) in [7, 11) is 0. The van der Waals surface area contributed by atoms with Gasteiger partial charge >= 0.3 is 0 Å². The first kappa shape index (κ1) is 20.6. The highest BCUT2D eigenvalue weighted by atomic mass is 35.5. The van der Waals surface area contributed by atoms with E-state index in [-0.39, 0.29) is 23.5 Å². The summed E-state index contributed by atoms with van der Waals surface area (Å²) in [5, 5.41) is 3.59. The maximum Gasteiger partial charge on any atom is 0.287 e. The van der Waals surface area contributed by atoms with E-state index in [1.165, 1.54) is 12.1 Å². The lowest BCUT2D eigenvalue weighted by molar-refractivity contribution is 0.0161. The third kappa shape index (κ3) is 4.90. The molecule has 1 saturated heterocycles. The summed E-state index contributed by atoms with van der Waals surface area (Å²) in [5.41, 5.74) is 1.79. The average molecular weight is 429 g/mol. The molecule has 7 heteroatoms. The zero-order chi connectivity index (χ0) is 20.9. The quantitative estimate of drug-likeness (QED) is 0.626. The number of carbonyl (C=O) groups excluding carboxylic acids is 1. The molecule has 3 aromatic rings. The van der Waals surface area contributed by atoms with Gasteiger partial charge in [0.15, 0.2) is 5.76 Å². The fourth-order valence-corrected chi connectivity index (χ4v) is 3.66. The van der Waals surface area contributed by atoms with Crippen LogP contribution in [0.1, 0.15) is 22.2 Å². The van der Waals surface area contributed by atoms with Crippen molar-refractivity contribution in [3.8, 4) is 11.3 Å². The highest BCUT2D eigenvalue weighted by Gasteiger charge is 2.24. The molecule has 1 amide bonds. The first-order chi connectivity index (χ1) is 14.6. The molecule has 0 spiro atoms. The summed E-state index contributed by atoms with van der Waals surface area (Å²) in [4.78, 5) is 14.9. The number of hydrogen-bond donors (Lipinski definition) is 1. The Morgan fingerprint density at radius 3 is 2.43 bits per heavy atom. The molecule has 1 atom stereocenters. The van der Waals surface area contributed by atoms with Crippen LogP contribution in [0.25, 0.3) is 11.3 Å². The van der Waals surface area contributed by atoms with Gasteiger partial charge in [0.1, 0.15) is 11.6 Å². The number of hydrogen-bond acceptors (Lipinski definition) is 4.